The lowest BCUT2D eigenvalue weighted by atomic mass is 10.4. The maximum absolute atomic E-state index is 10.5. The molecule has 0 aliphatic heterocycles. The smallest absolute Gasteiger partial charge is 0.317 e. The molecule has 13 heavy (non-hydrogen) atoms. The molecular formula is C9H22O4. The molecule has 0 radical (unpaired) electrons. The molecule has 0 aromatic carbocycles. The quantitative estimate of drug-likeness (QED) is 0.509. The first-order valence-electron chi connectivity index (χ1n) is 2.93. The van der Waals surface area contributed by atoms with Crippen molar-refractivity contribution < 1.29 is 19.1 Å². The first kappa shape index (κ1) is 22.7. The highest BCUT2D eigenvalue weighted by Gasteiger charge is 2.08. The zero-order chi connectivity index (χ0) is 7.98. The molecule has 0 aliphatic carbocycles. The molecule has 0 heterocycles. The van der Waals surface area contributed by atoms with E-state index in [9.17, 15) is 9.59 Å². The Labute approximate surface area is 81.2 Å². The van der Waals surface area contributed by atoms with Crippen LogP contribution in [0.25, 0.3) is 0 Å². The molecule has 0 aromatic rings. The normalized spacial score (nSPS) is 6.62. The Hall–Kier alpha value is -1.06. The molecule has 0 N–H and O–H groups in total. The van der Waals surface area contributed by atoms with Crippen molar-refractivity contribution in [2.45, 2.75) is 35.6 Å². The van der Waals surface area contributed by atoms with Gasteiger partial charge in [-0.15, -0.1) is 0 Å². The minimum Gasteiger partial charge on any atom is -0.469 e. The van der Waals surface area contributed by atoms with Gasteiger partial charge in [-0.2, -0.15) is 0 Å². The fourth-order valence-corrected chi connectivity index (χ4v) is 0.402. The summed E-state index contributed by atoms with van der Waals surface area (Å²) in [7, 11) is 1.22. The molecule has 0 atom stereocenters. The maximum Gasteiger partial charge on any atom is 0.317 e. The van der Waals surface area contributed by atoms with Crippen LogP contribution in [0.4, 0.5) is 0 Å². The molecule has 0 aromatic heterocycles. The highest BCUT2D eigenvalue weighted by Crippen LogP contribution is 1.87. The lowest BCUT2D eigenvalue weighted by Gasteiger charge is -1.98. The predicted molar refractivity (Wildman–Crippen MR) is 53.5 cm³/mol. The molecule has 82 valence electrons. The number of ether oxygens (including phenoxy) is 2. The monoisotopic (exact) mass is 194 g/mol. The van der Waals surface area contributed by atoms with Crippen molar-refractivity contribution in [3.63, 3.8) is 0 Å². The standard InChI is InChI=1S/C6H10O4.3CH4/c1-3-10-6(8)4-5(7)9-2;;;/h3-4H2,1-2H3;3*1H4. The van der Waals surface area contributed by atoms with Gasteiger partial charge in [-0.3, -0.25) is 9.59 Å². The number of esters is 2. The van der Waals surface area contributed by atoms with E-state index in [0.717, 1.165) is 0 Å². The van der Waals surface area contributed by atoms with Gasteiger partial charge in [0.05, 0.1) is 13.7 Å². The minimum atomic E-state index is -0.571. The number of methoxy groups -OCH3 is 1. The van der Waals surface area contributed by atoms with Crippen LogP contribution in [0.1, 0.15) is 35.6 Å². The van der Waals surface area contributed by atoms with E-state index >= 15 is 0 Å². The van der Waals surface area contributed by atoms with Gasteiger partial charge >= 0.3 is 11.9 Å². The first-order valence-corrected chi connectivity index (χ1v) is 2.93. The molecule has 0 bridgehead atoms. The van der Waals surface area contributed by atoms with Gasteiger partial charge in [0.25, 0.3) is 0 Å². The predicted octanol–water partition coefficient (Wildman–Crippen LogP) is 2.02. The molecule has 0 spiro atoms. The second-order valence-electron chi connectivity index (χ2n) is 1.56. The van der Waals surface area contributed by atoms with E-state index in [-0.39, 0.29) is 35.3 Å². The second-order valence-corrected chi connectivity index (χ2v) is 1.56. The molecule has 4 nitrogen and oxygen atoms in total. The van der Waals surface area contributed by atoms with Crippen molar-refractivity contribution in [2.24, 2.45) is 0 Å². The summed E-state index contributed by atoms with van der Waals surface area (Å²) in [5.74, 6) is -1.12. The maximum atomic E-state index is 10.5. The van der Waals surface area contributed by atoms with E-state index in [4.69, 9.17) is 0 Å². The first-order chi connectivity index (χ1) is 4.70. The summed E-state index contributed by atoms with van der Waals surface area (Å²) in [5.41, 5.74) is 0. The fourth-order valence-electron chi connectivity index (χ4n) is 0.402. The number of carbonyl (C=O) groups excluding carboxylic acids is 2. The molecule has 0 unspecified atom stereocenters. The van der Waals surface area contributed by atoms with Crippen molar-refractivity contribution in [3.8, 4) is 0 Å². The molecule has 0 rings (SSSR count). The van der Waals surface area contributed by atoms with Crippen molar-refractivity contribution in [1.29, 1.82) is 0 Å². The third-order valence-corrected chi connectivity index (χ3v) is 0.822. The SMILES string of the molecule is C.C.C.CCOC(=O)CC(=O)OC. The summed E-state index contributed by atoms with van der Waals surface area (Å²) in [6.07, 6.45) is -0.301. The molecule has 0 amide bonds. The van der Waals surface area contributed by atoms with Crippen LogP contribution in [0, 0.1) is 0 Å². The zero-order valence-corrected chi connectivity index (χ0v) is 6.05. The molecular weight excluding hydrogens is 172 g/mol. The van der Waals surface area contributed by atoms with Crippen molar-refractivity contribution in [2.75, 3.05) is 13.7 Å². The van der Waals surface area contributed by atoms with Gasteiger partial charge in [-0.25, -0.2) is 0 Å². The summed E-state index contributed by atoms with van der Waals surface area (Å²) >= 11 is 0. The van der Waals surface area contributed by atoms with E-state index in [1.54, 1.807) is 6.92 Å². The highest BCUT2D eigenvalue weighted by molar-refractivity contribution is 5.91. The number of hydrogen-bond acceptors (Lipinski definition) is 4. The Bertz CT molecular complexity index is 132. The van der Waals surface area contributed by atoms with E-state index in [1.165, 1.54) is 7.11 Å². The Morgan fingerprint density at radius 1 is 1.08 bits per heavy atom. The van der Waals surface area contributed by atoms with Gasteiger partial charge < -0.3 is 9.47 Å². The van der Waals surface area contributed by atoms with E-state index in [0.29, 0.717) is 0 Å². The number of hydrogen-bond donors (Lipinski definition) is 0. The van der Waals surface area contributed by atoms with Gasteiger partial charge in [-0.1, -0.05) is 22.3 Å². The Balaban J connectivity index is -0.000000135. The van der Waals surface area contributed by atoms with Crippen LogP contribution in [0.5, 0.6) is 0 Å². The number of carbonyl (C=O) groups is 2. The van der Waals surface area contributed by atoms with Gasteiger partial charge in [0.2, 0.25) is 0 Å². The summed E-state index contributed by atoms with van der Waals surface area (Å²) < 4.78 is 8.70. The van der Waals surface area contributed by atoms with Crippen LogP contribution in [-0.2, 0) is 19.1 Å². The summed E-state index contributed by atoms with van der Waals surface area (Å²) in [4.78, 5) is 20.9. The Kier molecular flexibility index (Phi) is 23.6. The Morgan fingerprint density at radius 2 is 1.54 bits per heavy atom. The van der Waals surface area contributed by atoms with Crippen LogP contribution in [0.3, 0.4) is 0 Å². The van der Waals surface area contributed by atoms with E-state index in [1.807, 2.05) is 0 Å². The van der Waals surface area contributed by atoms with Crippen LogP contribution in [-0.4, -0.2) is 25.7 Å². The molecule has 0 saturated carbocycles. The van der Waals surface area contributed by atoms with Gasteiger partial charge in [0.1, 0.15) is 6.42 Å². The summed E-state index contributed by atoms with van der Waals surface area (Å²) in [6.45, 7) is 1.96. The fraction of sp³-hybridized carbons (Fsp3) is 0.778. The van der Waals surface area contributed by atoms with Crippen LogP contribution in [0.2, 0.25) is 0 Å². The highest BCUT2D eigenvalue weighted by atomic mass is 16.5. The third-order valence-electron chi connectivity index (χ3n) is 0.822. The van der Waals surface area contributed by atoms with E-state index in [2.05, 4.69) is 9.47 Å². The van der Waals surface area contributed by atoms with Gasteiger partial charge in [0.15, 0.2) is 0 Å². The topological polar surface area (TPSA) is 52.6 Å². The van der Waals surface area contributed by atoms with Gasteiger partial charge in [-0.05, 0) is 6.92 Å². The zero-order valence-electron chi connectivity index (χ0n) is 6.05. The van der Waals surface area contributed by atoms with Crippen LogP contribution in [0.15, 0.2) is 0 Å². The van der Waals surface area contributed by atoms with Gasteiger partial charge in [0, 0.05) is 0 Å². The van der Waals surface area contributed by atoms with Crippen molar-refractivity contribution in [1.82, 2.24) is 0 Å². The average Bonchev–Trinajstić information content (AvgIpc) is 1.88. The van der Waals surface area contributed by atoms with E-state index < -0.39 is 11.9 Å². The molecule has 4 heteroatoms. The van der Waals surface area contributed by atoms with Crippen LogP contribution < -0.4 is 0 Å². The molecule has 0 saturated heterocycles. The number of rotatable bonds is 3. The van der Waals surface area contributed by atoms with Crippen LogP contribution >= 0.6 is 0 Å². The molecule has 0 fully saturated rings. The van der Waals surface area contributed by atoms with Crippen molar-refractivity contribution in [3.05, 3.63) is 0 Å². The summed E-state index contributed by atoms with van der Waals surface area (Å²) in [5, 5.41) is 0. The minimum absolute atomic E-state index is 0. The lowest BCUT2D eigenvalue weighted by molar-refractivity contribution is -0.152. The molecule has 0 aliphatic rings. The second kappa shape index (κ2) is 13.5. The largest absolute Gasteiger partial charge is 0.469 e. The average molecular weight is 194 g/mol. The Morgan fingerprint density at radius 3 is 1.85 bits per heavy atom. The summed E-state index contributed by atoms with van der Waals surface area (Å²) in [6, 6.07) is 0. The third kappa shape index (κ3) is 13.9. The van der Waals surface area contributed by atoms with Crippen molar-refractivity contribution >= 4 is 11.9 Å². The lowest BCUT2D eigenvalue weighted by Crippen LogP contribution is -2.11.